The maximum atomic E-state index is 5.65. The minimum absolute atomic E-state index is 0.333. The highest BCUT2D eigenvalue weighted by molar-refractivity contribution is 5.21. The van der Waals surface area contributed by atoms with Crippen molar-refractivity contribution in [1.82, 2.24) is 5.32 Å². The Hall–Kier alpha value is -0.860. The Morgan fingerprint density at radius 1 is 1.17 bits per heavy atom. The third kappa shape index (κ3) is 6.18. The third-order valence-corrected chi connectivity index (χ3v) is 3.12. The fourth-order valence-electron chi connectivity index (χ4n) is 2.09. The molecule has 102 valence electrons. The van der Waals surface area contributed by atoms with E-state index in [9.17, 15) is 0 Å². The number of ether oxygens (including phenoxy) is 1. The molecule has 1 aromatic carbocycles. The van der Waals surface area contributed by atoms with Crippen LogP contribution in [0.1, 0.15) is 31.4 Å². The predicted molar refractivity (Wildman–Crippen MR) is 78.0 cm³/mol. The molecule has 2 nitrogen and oxygen atoms in total. The smallest absolute Gasteiger partial charge is 0.0518 e. The van der Waals surface area contributed by atoms with Crippen molar-refractivity contribution in [1.29, 1.82) is 0 Å². The molecule has 0 saturated heterocycles. The minimum atomic E-state index is 0.333. The second-order valence-electron chi connectivity index (χ2n) is 5.32. The summed E-state index contributed by atoms with van der Waals surface area (Å²) in [4.78, 5) is 0. The molecule has 0 aliphatic heterocycles. The molecule has 0 saturated carbocycles. The van der Waals surface area contributed by atoms with Gasteiger partial charge in [-0.25, -0.2) is 0 Å². The molecule has 0 aliphatic rings. The maximum absolute atomic E-state index is 5.65. The highest BCUT2D eigenvalue weighted by atomic mass is 16.5. The maximum Gasteiger partial charge on any atom is 0.0518 e. The Morgan fingerprint density at radius 3 is 2.39 bits per heavy atom. The molecule has 1 unspecified atom stereocenters. The largest absolute Gasteiger partial charge is 0.379 e. The first-order valence-corrected chi connectivity index (χ1v) is 6.93. The molecule has 1 N–H and O–H groups in total. The van der Waals surface area contributed by atoms with Gasteiger partial charge in [0.25, 0.3) is 0 Å². The second-order valence-corrected chi connectivity index (χ2v) is 5.32. The van der Waals surface area contributed by atoms with E-state index in [0.29, 0.717) is 12.0 Å². The van der Waals surface area contributed by atoms with Crippen LogP contribution in [0.3, 0.4) is 0 Å². The van der Waals surface area contributed by atoms with Crippen LogP contribution >= 0.6 is 0 Å². The summed E-state index contributed by atoms with van der Waals surface area (Å²) >= 11 is 0. The monoisotopic (exact) mass is 249 g/mol. The van der Waals surface area contributed by atoms with Gasteiger partial charge in [-0.3, -0.25) is 0 Å². The predicted octanol–water partition coefficient (Wildman–Crippen LogP) is 3.19. The molecule has 0 bridgehead atoms. The van der Waals surface area contributed by atoms with Crippen LogP contribution in [0.5, 0.6) is 0 Å². The second kappa shape index (κ2) is 8.28. The first kappa shape index (κ1) is 15.2. The van der Waals surface area contributed by atoms with Gasteiger partial charge in [0.1, 0.15) is 0 Å². The van der Waals surface area contributed by atoms with Gasteiger partial charge in [0.15, 0.2) is 0 Å². The lowest BCUT2D eigenvalue weighted by molar-refractivity contribution is 0.0684. The van der Waals surface area contributed by atoms with Gasteiger partial charge in [0.05, 0.1) is 6.10 Å². The molecule has 1 rings (SSSR count). The molecule has 0 heterocycles. The Morgan fingerprint density at radius 2 is 1.83 bits per heavy atom. The van der Waals surface area contributed by atoms with Crippen molar-refractivity contribution in [2.24, 2.45) is 5.92 Å². The molecule has 0 spiro atoms. The first-order chi connectivity index (χ1) is 8.61. The summed E-state index contributed by atoms with van der Waals surface area (Å²) in [5, 5.41) is 3.28. The SMILES string of the molecule is CNCC(CCOC(C)C)Cc1ccc(C)cc1. The van der Waals surface area contributed by atoms with Crippen LogP contribution in [0.4, 0.5) is 0 Å². The number of hydrogen-bond acceptors (Lipinski definition) is 2. The van der Waals surface area contributed by atoms with Crippen LogP contribution in [0.2, 0.25) is 0 Å². The number of benzene rings is 1. The molecule has 1 atom stereocenters. The van der Waals surface area contributed by atoms with E-state index in [4.69, 9.17) is 4.74 Å². The van der Waals surface area contributed by atoms with Gasteiger partial charge in [-0.15, -0.1) is 0 Å². The molecule has 0 radical (unpaired) electrons. The van der Waals surface area contributed by atoms with Crippen LogP contribution < -0.4 is 5.32 Å². The standard InChI is InChI=1S/C16H27NO/c1-13(2)18-10-9-16(12-17-4)11-15-7-5-14(3)6-8-15/h5-8,13,16-17H,9-12H2,1-4H3. The van der Waals surface area contributed by atoms with Crippen LogP contribution in [-0.4, -0.2) is 26.3 Å². The van der Waals surface area contributed by atoms with E-state index < -0.39 is 0 Å². The van der Waals surface area contributed by atoms with Crippen molar-refractivity contribution < 1.29 is 4.74 Å². The van der Waals surface area contributed by atoms with Gasteiger partial charge in [0.2, 0.25) is 0 Å². The fraction of sp³-hybridized carbons (Fsp3) is 0.625. The lowest BCUT2D eigenvalue weighted by Gasteiger charge is -2.17. The van der Waals surface area contributed by atoms with E-state index in [-0.39, 0.29) is 0 Å². The van der Waals surface area contributed by atoms with Crippen molar-refractivity contribution >= 4 is 0 Å². The fourth-order valence-corrected chi connectivity index (χ4v) is 2.09. The Bertz CT molecular complexity index is 318. The van der Waals surface area contributed by atoms with Crippen molar-refractivity contribution in [3.8, 4) is 0 Å². The number of aryl methyl sites for hydroxylation is 1. The highest BCUT2D eigenvalue weighted by Gasteiger charge is 2.09. The van der Waals surface area contributed by atoms with Crippen LogP contribution in [0.25, 0.3) is 0 Å². The molecule has 2 heteroatoms. The molecule has 18 heavy (non-hydrogen) atoms. The lowest BCUT2D eigenvalue weighted by atomic mass is 9.96. The normalized spacial score (nSPS) is 12.9. The number of hydrogen-bond donors (Lipinski definition) is 1. The summed E-state index contributed by atoms with van der Waals surface area (Å²) in [6.45, 7) is 8.22. The summed E-state index contributed by atoms with van der Waals surface area (Å²) in [5.74, 6) is 0.649. The zero-order valence-electron chi connectivity index (χ0n) is 12.2. The quantitative estimate of drug-likeness (QED) is 0.764. The summed E-state index contributed by atoms with van der Waals surface area (Å²) in [7, 11) is 2.02. The van der Waals surface area contributed by atoms with Gasteiger partial charge >= 0.3 is 0 Å². The van der Waals surface area contributed by atoms with E-state index in [1.807, 2.05) is 7.05 Å². The Labute approximate surface area is 112 Å². The summed E-state index contributed by atoms with van der Waals surface area (Å²) in [5.41, 5.74) is 2.75. The van der Waals surface area contributed by atoms with E-state index in [0.717, 1.165) is 26.0 Å². The molecule has 0 aliphatic carbocycles. The van der Waals surface area contributed by atoms with Gasteiger partial charge in [-0.05, 0) is 58.7 Å². The lowest BCUT2D eigenvalue weighted by Crippen LogP contribution is -2.22. The van der Waals surface area contributed by atoms with E-state index in [2.05, 4.69) is 50.4 Å². The number of rotatable bonds is 8. The average molecular weight is 249 g/mol. The highest BCUT2D eigenvalue weighted by Crippen LogP contribution is 2.13. The summed E-state index contributed by atoms with van der Waals surface area (Å²) < 4.78 is 5.65. The van der Waals surface area contributed by atoms with Crippen molar-refractivity contribution in [2.45, 2.75) is 39.7 Å². The molecule has 1 aromatic rings. The van der Waals surface area contributed by atoms with E-state index in [1.54, 1.807) is 0 Å². The van der Waals surface area contributed by atoms with Gasteiger partial charge in [0, 0.05) is 6.61 Å². The summed E-state index contributed by atoms with van der Waals surface area (Å²) in [6.07, 6.45) is 2.58. The van der Waals surface area contributed by atoms with Crippen LogP contribution in [-0.2, 0) is 11.2 Å². The molecule has 0 amide bonds. The average Bonchev–Trinajstić information content (AvgIpc) is 2.32. The zero-order valence-corrected chi connectivity index (χ0v) is 12.2. The topological polar surface area (TPSA) is 21.3 Å². The Kier molecular flexibility index (Phi) is 6.99. The van der Waals surface area contributed by atoms with Crippen LogP contribution in [0.15, 0.2) is 24.3 Å². The van der Waals surface area contributed by atoms with E-state index in [1.165, 1.54) is 11.1 Å². The molecule has 0 aromatic heterocycles. The zero-order chi connectivity index (χ0) is 13.4. The van der Waals surface area contributed by atoms with Gasteiger partial charge in [-0.1, -0.05) is 29.8 Å². The van der Waals surface area contributed by atoms with Crippen LogP contribution in [0, 0.1) is 12.8 Å². The molecular formula is C16H27NO. The number of nitrogens with one attached hydrogen (secondary N) is 1. The van der Waals surface area contributed by atoms with Crippen molar-refractivity contribution in [3.63, 3.8) is 0 Å². The molecule has 0 fully saturated rings. The van der Waals surface area contributed by atoms with Crippen molar-refractivity contribution in [2.75, 3.05) is 20.2 Å². The van der Waals surface area contributed by atoms with Gasteiger partial charge in [-0.2, -0.15) is 0 Å². The van der Waals surface area contributed by atoms with E-state index >= 15 is 0 Å². The first-order valence-electron chi connectivity index (χ1n) is 6.93. The van der Waals surface area contributed by atoms with Crippen molar-refractivity contribution in [3.05, 3.63) is 35.4 Å². The third-order valence-electron chi connectivity index (χ3n) is 3.12. The van der Waals surface area contributed by atoms with Gasteiger partial charge < -0.3 is 10.1 Å². The minimum Gasteiger partial charge on any atom is -0.379 e. The molecular weight excluding hydrogens is 222 g/mol. The summed E-state index contributed by atoms with van der Waals surface area (Å²) in [6, 6.07) is 8.86. The Balaban J connectivity index is 2.43.